The van der Waals surface area contributed by atoms with Gasteiger partial charge in [0.1, 0.15) is 18.3 Å². The lowest BCUT2D eigenvalue weighted by Gasteiger charge is -2.15. The van der Waals surface area contributed by atoms with Crippen molar-refractivity contribution >= 4 is 17.6 Å². The van der Waals surface area contributed by atoms with E-state index in [1.807, 2.05) is 0 Å². The minimum Gasteiger partial charge on any atom is -0.544 e. The normalized spacial score (nSPS) is 11.8. The van der Waals surface area contributed by atoms with E-state index in [-0.39, 0.29) is 12.2 Å². The molecule has 116 valence electrons. The summed E-state index contributed by atoms with van der Waals surface area (Å²) in [6.07, 6.45) is 1.26. The number of phenols is 1. The molecule has 0 radical (unpaired) electrons. The first kappa shape index (κ1) is 15.6. The lowest BCUT2D eigenvalue weighted by atomic mass is 10.2. The highest BCUT2D eigenvalue weighted by Gasteiger charge is 2.19. The number of nitrogens with two attached hydrogens (primary N) is 1. The maximum absolute atomic E-state index is 11.9. The number of nitrogens with one attached hydrogen (secondary N) is 1. The summed E-state index contributed by atoms with van der Waals surface area (Å²) in [5, 5.41) is 24.3. The van der Waals surface area contributed by atoms with Gasteiger partial charge < -0.3 is 30.1 Å². The number of quaternary nitrogens is 1. The van der Waals surface area contributed by atoms with Gasteiger partial charge in [-0.05, 0) is 36.4 Å². The maximum atomic E-state index is 11.9. The van der Waals surface area contributed by atoms with Crippen molar-refractivity contribution in [3.63, 3.8) is 0 Å². The molecule has 7 nitrogen and oxygen atoms in total. The molecular formula is C15H16N2O5. The number of carbonyl (C=O) groups excluding carboxylic acids is 2. The monoisotopic (exact) mass is 304 g/mol. The van der Waals surface area contributed by atoms with Gasteiger partial charge in [-0.15, -0.1) is 0 Å². The van der Waals surface area contributed by atoms with Gasteiger partial charge in [-0.1, -0.05) is 0 Å². The Labute approximate surface area is 126 Å². The van der Waals surface area contributed by atoms with Crippen molar-refractivity contribution in [3.05, 3.63) is 48.4 Å². The van der Waals surface area contributed by atoms with Crippen molar-refractivity contribution in [2.75, 3.05) is 5.32 Å². The van der Waals surface area contributed by atoms with Gasteiger partial charge >= 0.3 is 0 Å². The van der Waals surface area contributed by atoms with Crippen molar-refractivity contribution < 1.29 is 29.5 Å². The van der Waals surface area contributed by atoms with E-state index in [0.717, 1.165) is 0 Å². The first-order valence-corrected chi connectivity index (χ1v) is 6.70. The molecule has 1 amide bonds. The molecule has 0 fully saturated rings. The number of carbonyl (C=O) groups is 2. The van der Waals surface area contributed by atoms with Crippen molar-refractivity contribution in [3.8, 4) is 5.75 Å². The molecule has 4 N–H and O–H groups in total. The molecule has 1 heterocycles. The third kappa shape index (κ3) is 4.64. The molecule has 1 atom stereocenters. The number of aromatic hydroxyl groups is 1. The maximum Gasteiger partial charge on any atom is 0.230 e. The van der Waals surface area contributed by atoms with Crippen LogP contribution in [0, 0.1) is 0 Å². The van der Waals surface area contributed by atoms with Crippen LogP contribution in [0.1, 0.15) is 12.2 Å². The van der Waals surface area contributed by atoms with E-state index in [0.29, 0.717) is 18.0 Å². The minimum absolute atomic E-state index is 0.0809. The quantitative estimate of drug-likeness (QED) is 0.578. The predicted molar refractivity (Wildman–Crippen MR) is 74.5 cm³/mol. The summed E-state index contributed by atoms with van der Waals surface area (Å²) < 4.78 is 5.11. The lowest BCUT2D eigenvalue weighted by molar-refractivity contribution is -0.698. The summed E-state index contributed by atoms with van der Waals surface area (Å²) in [7, 11) is 0. The molecule has 2 aromatic rings. The molecular weight excluding hydrogens is 288 g/mol. The molecule has 0 spiro atoms. The Morgan fingerprint density at radius 2 is 2.00 bits per heavy atom. The highest BCUT2D eigenvalue weighted by atomic mass is 16.4. The predicted octanol–water partition coefficient (Wildman–Crippen LogP) is -0.804. The highest BCUT2D eigenvalue weighted by molar-refractivity contribution is 5.93. The lowest BCUT2D eigenvalue weighted by Crippen LogP contribution is -2.92. The Kier molecular flexibility index (Phi) is 5.16. The van der Waals surface area contributed by atoms with Gasteiger partial charge in [-0.25, -0.2) is 0 Å². The Balaban J connectivity index is 1.88. The molecule has 1 aromatic carbocycles. The number of hydrogen-bond acceptors (Lipinski definition) is 5. The van der Waals surface area contributed by atoms with E-state index in [4.69, 9.17) is 9.52 Å². The first-order chi connectivity index (χ1) is 10.5. The molecule has 0 saturated heterocycles. The molecule has 2 rings (SSSR count). The topological polar surface area (TPSA) is 119 Å². The van der Waals surface area contributed by atoms with Crippen LogP contribution in [-0.4, -0.2) is 23.0 Å². The minimum atomic E-state index is -1.31. The van der Waals surface area contributed by atoms with Crippen LogP contribution in [-0.2, 0) is 16.1 Å². The van der Waals surface area contributed by atoms with Crippen LogP contribution in [0.5, 0.6) is 5.75 Å². The van der Waals surface area contributed by atoms with Crippen LogP contribution in [0.25, 0.3) is 0 Å². The number of anilines is 1. The average Bonchev–Trinajstić information content (AvgIpc) is 2.99. The van der Waals surface area contributed by atoms with E-state index in [1.54, 1.807) is 12.1 Å². The molecule has 0 unspecified atom stereocenters. The Hall–Kier alpha value is -2.80. The van der Waals surface area contributed by atoms with E-state index < -0.39 is 17.9 Å². The molecule has 1 aromatic heterocycles. The average molecular weight is 304 g/mol. The summed E-state index contributed by atoms with van der Waals surface area (Å²) in [6, 6.07) is 8.31. The van der Waals surface area contributed by atoms with Crippen LogP contribution < -0.4 is 15.7 Å². The third-order valence-corrected chi connectivity index (χ3v) is 3.04. The zero-order valence-electron chi connectivity index (χ0n) is 11.7. The molecule has 0 aliphatic heterocycles. The first-order valence-electron chi connectivity index (χ1n) is 6.70. The molecule has 0 saturated carbocycles. The molecule has 7 heteroatoms. The van der Waals surface area contributed by atoms with E-state index in [2.05, 4.69) is 5.32 Å². The van der Waals surface area contributed by atoms with Gasteiger partial charge in [-0.2, -0.15) is 0 Å². The summed E-state index contributed by atoms with van der Waals surface area (Å²) in [6.45, 7) is 0.304. The van der Waals surface area contributed by atoms with Crippen molar-refractivity contribution in [2.24, 2.45) is 0 Å². The number of phenolic OH excluding ortho intramolecular Hbond substituents is 1. The summed E-state index contributed by atoms with van der Waals surface area (Å²) in [5.41, 5.74) is 0.478. The van der Waals surface area contributed by atoms with Gasteiger partial charge in [0.25, 0.3) is 0 Å². The number of benzene rings is 1. The summed E-state index contributed by atoms with van der Waals surface area (Å²) in [5.74, 6) is -1.06. The number of carboxylic acids is 1. The number of aliphatic carboxylic acids is 1. The van der Waals surface area contributed by atoms with Crippen LogP contribution in [0.4, 0.5) is 5.69 Å². The van der Waals surface area contributed by atoms with Gasteiger partial charge in [0, 0.05) is 5.69 Å². The van der Waals surface area contributed by atoms with Crippen LogP contribution >= 0.6 is 0 Å². The van der Waals surface area contributed by atoms with Crippen LogP contribution in [0.15, 0.2) is 47.1 Å². The second-order valence-electron chi connectivity index (χ2n) is 4.74. The molecule has 0 aliphatic carbocycles. The van der Waals surface area contributed by atoms with Crippen molar-refractivity contribution in [1.29, 1.82) is 0 Å². The largest absolute Gasteiger partial charge is 0.544 e. The Morgan fingerprint density at radius 3 is 2.59 bits per heavy atom. The van der Waals surface area contributed by atoms with E-state index in [9.17, 15) is 14.7 Å². The number of rotatable bonds is 7. The number of furan rings is 1. The Bertz CT molecular complexity index is 622. The van der Waals surface area contributed by atoms with Gasteiger partial charge in [0.2, 0.25) is 5.91 Å². The van der Waals surface area contributed by atoms with Crippen molar-refractivity contribution in [2.45, 2.75) is 19.0 Å². The SMILES string of the molecule is O=C(C[C@@H]([NH2+]Cc1ccco1)C(=O)[O-])Nc1ccc(O)cc1. The summed E-state index contributed by atoms with van der Waals surface area (Å²) in [4.78, 5) is 23.0. The summed E-state index contributed by atoms with van der Waals surface area (Å²) >= 11 is 0. The smallest absolute Gasteiger partial charge is 0.230 e. The number of amides is 1. The second-order valence-corrected chi connectivity index (χ2v) is 4.74. The zero-order valence-corrected chi connectivity index (χ0v) is 11.7. The van der Waals surface area contributed by atoms with Gasteiger partial charge in [0.15, 0.2) is 5.76 Å². The number of carboxylic acid groups (broad SMARTS) is 1. The fourth-order valence-electron chi connectivity index (χ4n) is 1.91. The third-order valence-electron chi connectivity index (χ3n) is 3.04. The molecule has 22 heavy (non-hydrogen) atoms. The zero-order chi connectivity index (χ0) is 15.9. The van der Waals surface area contributed by atoms with Gasteiger partial charge in [0.05, 0.1) is 18.7 Å². The fraction of sp³-hybridized carbons (Fsp3) is 0.200. The molecule has 0 aliphatic rings. The number of hydrogen-bond donors (Lipinski definition) is 3. The Morgan fingerprint density at radius 1 is 1.27 bits per heavy atom. The fourth-order valence-corrected chi connectivity index (χ4v) is 1.91. The van der Waals surface area contributed by atoms with E-state index in [1.165, 1.54) is 35.8 Å². The van der Waals surface area contributed by atoms with E-state index >= 15 is 0 Å². The van der Waals surface area contributed by atoms with Crippen LogP contribution in [0.3, 0.4) is 0 Å². The van der Waals surface area contributed by atoms with Crippen molar-refractivity contribution in [1.82, 2.24) is 0 Å². The standard InChI is InChI=1S/C15H16N2O5/c18-11-5-3-10(4-6-11)17-14(19)8-13(15(20)21)16-9-12-2-1-7-22-12/h1-7,13,16,18H,8-9H2,(H,17,19)(H,20,21)/t13-/m1/s1. The molecule has 0 bridgehead atoms. The van der Waals surface area contributed by atoms with Gasteiger partial charge in [-0.3, -0.25) is 4.79 Å². The van der Waals surface area contributed by atoms with Crippen LogP contribution in [0.2, 0.25) is 0 Å². The second kappa shape index (κ2) is 7.28. The highest BCUT2D eigenvalue weighted by Crippen LogP contribution is 2.13.